The molecule has 1 aromatic heterocycles. The molecule has 0 bridgehead atoms. The van der Waals surface area contributed by atoms with E-state index < -0.39 is 0 Å². The Morgan fingerprint density at radius 3 is 2.02 bits per heavy atom. The van der Waals surface area contributed by atoms with Gasteiger partial charge < -0.3 is 0 Å². The Bertz CT molecular complexity index is 1620. The van der Waals surface area contributed by atoms with Crippen LogP contribution in [0.1, 0.15) is 65.1 Å². The molecule has 0 N–H and O–H groups in total. The SMILES string of the molecule is Cc1cc(C#Cc2ccc(SCCc3ccncc3)cc2)ccc1C#Cc1ccc(C#CC2CCC(C)C2)cc1. The van der Waals surface area contributed by atoms with Crippen LogP contribution in [0, 0.1) is 54.3 Å². The van der Waals surface area contributed by atoms with E-state index in [2.05, 4.69) is 133 Å². The van der Waals surface area contributed by atoms with Gasteiger partial charge in [0.05, 0.1) is 0 Å². The van der Waals surface area contributed by atoms with Crippen molar-refractivity contribution >= 4 is 11.8 Å². The first-order chi connectivity index (χ1) is 19.6. The highest BCUT2D eigenvalue weighted by Crippen LogP contribution is 2.29. The number of hydrogen-bond donors (Lipinski definition) is 0. The third kappa shape index (κ3) is 8.17. The van der Waals surface area contributed by atoms with Crippen molar-refractivity contribution in [2.45, 2.75) is 44.4 Å². The normalized spacial score (nSPS) is 15.7. The average Bonchev–Trinajstić information content (AvgIpc) is 3.41. The van der Waals surface area contributed by atoms with E-state index in [1.165, 1.54) is 29.7 Å². The second-order valence-corrected chi connectivity index (χ2v) is 11.6. The molecular formula is C38H33NS. The molecule has 1 aliphatic carbocycles. The Balaban J connectivity index is 1.15. The van der Waals surface area contributed by atoms with Crippen LogP contribution in [0.3, 0.4) is 0 Å². The lowest BCUT2D eigenvalue weighted by Gasteiger charge is -2.02. The zero-order chi connectivity index (χ0) is 27.6. The highest BCUT2D eigenvalue weighted by atomic mass is 32.2. The quantitative estimate of drug-likeness (QED) is 0.193. The van der Waals surface area contributed by atoms with Crippen molar-refractivity contribution in [2.24, 2.45) is 11.8 Å². The van der Waals surface area contributed by atoms with Gasteiger partial charge in [-0.1, -0.05) is 42.4 Å². The smallest absolute Gasteiger partial charge is 0.0279 e. The van der Waals surface area contributed by atoms with Crippen LogP contribution in [-0.4, -0.2) is 10.7 Å². The van der Waals surface area contributed by atoms with Gasteiger partial charge >= 0.3 is 0 Å². The van der Waals surface area contributed by atoms with E-state index in [9.17, 15) is 0 Å². The minimum atomic E-state index is 0.559. The molecule has 40 heavy (non-hydrogen) atoms. The van der Waals surface area contributed by atoms with Gasteiger partial charge in [0.15, 0.2) is 0 Å². The summed E-state index contributed by atoms with van der Waals surface area (Å²) in [6.45, 7) is 4.42. The standard InChI is InChI=1S/C38H33NS/c1-29-3-4-35(27-29)11-9-31-5-7-32(8-6-31)13-17-37-18-14-36(28-30(37)2)12-10-33-15-19-38(20-16-33)40-26-23-34-21-24-39-25-22-34/h5-8,14-16,18-22,24-25,28-29,35H,3-4,23,26-27H2,1-2H3. The van der Waals surface area contributed by atoms with Crippen LogP contribution in [0.4, 0.5) is 0 Å². The minimum Gasteiger partial charge on any atom is -0.265 e. The van der Waals surface area contributed by atoms with E-state index in [-0.39, 0.29) is 0 Å². The number of aromatic nitrogens is 1. The van der Waals surface area contributed by atoms with E-state index in [0.29, 0.717) is 5.92 Å². The second kappa shape index (κ2) is 13.8. The molecule has 1 fully saturated rings. The zero-order valence-electron chi connectivity index (χ0n) is 23.2. The molecule has 0 radical (unpaired) electrons. The topological polar surface area (TPSA) is 12.9 Å². The fourth-order valence-electron chi connectivity index (χ4n) is 4.80. The maximum absolute atomic E-state index is 4.08. The van der Waals surface area contributed by atoms with Gasteiger partial charge in [-0.25, -0.2) is 0 Å². The van der Waals surface area contributed by atoms with Crippen LogP contribution in [0.15, 0.2) is 96.2 Å². The summed E-state index contributed by atoms with van der Waals surface area (Å²) in [7, 11) is 0. The number of hydrogen-bond acceptors (Lipinski definition) is 2. The molecule has 1 nitrogen and oxygen atoms in total. The van der Waals surface area contributed by atoms with Gasteiger partial charge in [-0.2, -0.15) is 0 Å². The van der Waals surface area contributed by atoms with Crippen molar-refractivity contribution in [1.29, 1.82) is 0 Å². The van der Waals surface area contributed by atoms with Crippen LogP contribution in [0.5, 0.6) is 0 Å². The fraction of sp³-hybridized carbons (Fsp3) is 0.237. The van der Waals surface area contributed by atoms with Gasteiger partial charge in [0.25, 0.3) is 0 Å². The number of thioether (sulfide) groups is 1. The molecule has 0 spiro atoms. The Labute approximate surface area is 243 Å². The van der Waals surface area contributed by atoms with Crippen LogP contribution in [-0.2, 0) is 6.42 Å². The third-order valence-electron chi connectivity index (χ3n) is 7.18. The number of pyridine rings is 1. The Morgan fingerprint density at radius 1 is 0.725 bits per heavy atom. The van der Waals surface area contributed by atoms with Crippen molar-refractivity contribution in [3.63, 3.8) is 0 Å². The van der Waals surface area contributed by atoms with E-state index in [1.54, 1.807) is 0 Å². The molecule has 0 saturated heterocycles. The van der Waals surface area contributed by atoms with Crippen LogP contribution < -0.4 is 0 Å². The van der Waals surface area contributed by atoms with Gasteiger partial charge in [-0.3, -0.25) is 4.98 Å². The Hall–Kier alpha value is -4.16. The van der Waals surface area contributed by atoms with Crippen molar-refractivity contribution in [3.8, 4) is 35.5 Å². The maximum Gasteiger partial charge on any atom is 0.0279 e. The van der Waals surface area contributed by atoms with Gasteiger partial charge in [-0.05, 0) is 129 Å². The maximum atomic E-state index is 4.08. The summed E-state index contributed by atoms with van der Waals surface area (Å²) < 4.78 is 0. The van der Waals surface area contributed by atoms with E-state index in [0.717, 1.165) is 51.5 Å². The molecular weight excluding hydrogens is 502 g/mol. The second-order valence-electron chi connectivity index (χ2n) is 10.5. The molecule has 1 heterocycles. The summed E-state index contributed by atoms with van der Waals surface area (Å²) in [5.74, 6) is 22.4. The molecule has 0 aliphatic heterocycles. The van der Waals surface area contributed by atoms with Gasteiger partial charge in [-0.15, -0.1) is 11.8 Å². The van der Waals surface area contributed by atoms with E-state index in [1.807, 2.05) is 24.2 Å². The lowest BCUT2D eigenvalue weighted by Crippen LogP contribution is -1.89. The van der Waals surface area contributed by atoms with E-state index >= 15 is 0 Å². The van der Waals surface area contributed by atoms with Gasteiger partial charge in [0.1, 0.15) is 0 Å². The largest absolute Gasteiger partial charge is 0.265 e. The number of nitrogens with zero attached hydrogens (tertiary/aromatic N) is 1. The molecule has 0 amide bonds. The highest BCUT2D eigenvalue weighted by Gasteiger charge is 2.18. The van der Waals surface area contributed by atoms with Crippen LogP contribution in [0.25, 0.3) is 0 Å². The lowest BCUT2D eigenvalue weighted by molar-refractivity contribution is 0.592. The van der Waals surface area contributed by atoms with Crippen molar-refractivity contribution in [2.75, 3.05) is 5.75 Å². The Kier molecular flexibility index (Phi) is 9.43. The summed E-state index contributed by atoms with van der Waals surface area (Å²) in [4.78, 5) is 5.34. The first-order valence-electron chi connectivity index (χ1n) is 14.0. The molecule has 2 unspecified atom stereocenters. The van der Waals surface area contributed by atoms with Crippen LogP contribution >= 0.6 is 11.8 Å². The molecule has 2 atom stereocenters. The molecule has 2 heteroatoms. The van der Waals surface area contributed by atoms with Crippen molar-refractivity contribution in [3.05, 3.63) is 130 Å². The predicted octanol–water partition coefficient (Wildman–Crippen LogP) is 8.31. The molecule has 196 valence electrons. The summed E-state index contributed by atoms with van der Waals surface area (Å²) in [5.41, 5.74) is 7.57. The first-order valence-corrected chi connectivity index (χ1v) is 15.0. The first kappa shape index (κ1) is 27.4. The molecule has 3 aromatic carbocycles. The average molecular weight is 536 g/mol. The van der Waals surface area contributed by atoms with E-state index in [4.69, 9.17) is 0 Å². The summed E-state index contributed by atoms with van der Waals surface area (Å²) >= 11 is 1.86. The minimum absolute atomic E-state index is 0.559. The molecule has 1 aliphatic rings. The summed E-state index contributed by atoms with van der Waals surface area (Å²) in [5, 5.41) is 0. The van der Waals surface area contributed by atoms with Crippen molar-refractivity contribution in [1.82, 2.24) is 4.98 Å². The van der Waals surface area contributed by atoms with Crippen molar-refractivity contribution < 1.29 is 0 Å². The summed E-state index contributed by atoms with van der Waals surface area (Å²) in [6, 6.07) is 27.2. The Morgan fingerprint density at radius 2 is 1.35 bits per heavy atom. The summed E-state index contributed by atoms with van der Waals surface area (Å²) in [6.07, 6.45) is 8.52. The highest BCUT2D eigenvalue weighted by molar-refractivity contribution is 7.99. The number of benzene rings is 3. The predicted molar refractivity (Wildman–Crippen MR) is 168 cm³/mol. The van der Waals surface area contributed by atoms with Crippen LogP contribution in [0.2, 0.25) is 0 Å². The zero-order valence-corrected chi connectivity index (χ0v) is 24.0. The van der Waals surface area contributed by atoms with Gasteiger partial charge in [0.2, 0.25) is 0 Å². The molecule has 1 saturated carbocycles. The van der Waals surface area contributed by atoms with Gasteiger partial charge in [0, 0.05) is 56.8 Å². The monoisotopic (exact) mass is 535 g/mol. The lowest BCUT2D eigenvalue weighted by atomic mass is 10.0. The third-order valence-corrected chi connectivity index (χ3v) is 8.20. The molecule has 4 aromatic rings. The fourth-order valence-corrected chi connectivity index (χ4v) is 5.70. The number of rotatable bonds is 4. The number of aryl methyl sites for hydroxylation is 2. The molecule has 5 rings (SSSR count).